The summed E-state index contributed by atoms with van der Waals surface area (Å²) >= 11 is 0. The van der Waals surface area contributed by atoms with Gasteiger partial charge in [-0.1, -0.05) is 36.4 Å². The van der Waals surface area contributed by atoms with Gasteiger partial charge in [0, 0.05) is 18.9 Å². The zero-order chi connectivity index (χ0) is 16.4. The molecule has 1 aliphatic heterocycles. The molecule has 0 radical (unpaired) electrons. The molecule has 0 aromatic heterocycles. The van der Waals surface area contributed by atoms with Crippen LogP contribution < -0.4 is 4.74 Å². The lowest BCUT2D eigenvalue weighted by atomic mass is 9.98. The van der Waals surface area contributed by atoms with E-state index < -0.39 is 0 Å². The Morgan fingerprint density at radius 3 is 2.61 bits per heavy atom. The molecule has 0 aliphatic carbocycles. The fourth-order valence-corrected chi connectivity index (χ4v) is 2.82. The molecule has 0 spiro atoms. The van der Waals surface area contributed by atoms with Gasteiger partial charge >= 0.3 is 0 Å². The van der Waals surface area contributed by atoms with E-state index in [1.165, 1.54) is 19.0 Å². The minimum atomic E-state index is -0.158. The third-order valence-corrected chi connectivity index (χ3v) is 3.95. The largest absolute Gasteiger partial charge is 0.504 e. The molecule has 1 heterocycles. The molecular formula is C18H18N2O3. The van der Waals surface area contributed by atoms with E-state index in [0.717, 1.165) is 5.56 Å². The van der Waals surface area contributed by atoms with Crippen molar-refractivity contribution in [1.82, 2.24) is 5.01 Å². The van der Waals surface area contributed by atoms with Crippen LogP contribution in [0.1, 0.15) is 30.5 Å². The summed E-state index contributed by atoms with van der Waals surface area (Å²) in [5, 5.41) is 16.2. The summed E-state index contributed by atoms with van der Waals surface area (Å²) in [5.41, 5.74) is 2.28. The van der Waals surface area contributed by atoms with Crippen LogP contribution in [0.5, 0.6) is 11.5 Å². The van der Waals surface area contributed by atoms with Gasteiger partial charge in [-0.3, -0.25) is 4.79 Å². The summed E-state index contributed by atoms with van der Waals surface area (Å²) in [6, 6.07) is 14.9. The number of carbonyl (C=O) groups is 1. The van der Waals surface area contributed by atoms with E-state index in [-0.39, 0.29) is 17.7 Å². The van der Waals surface area contributed by atoms with Crippen LogP contribution in [0.15, 0.2) is 53.6 Å². The second-order valence-electron chi connectivity index (χ2n) is 5.40. The molecule has 5 heteroatoms. The highest BCUT2D eigenvalue weighted by atomic mass is 16.5. The maximum Gasteiger partial charge on any atom is 0.240 e. The molecule has 3 rings (SSSR count). The molecule has 1 amide bonds. The highest BCUT2D eigenvalue weighted by molar-refractivity contribution is 6.05. The lowest BCUT2D eigenvalue weighted by Gasteiger charge is -2.20. The third-order valence-electron chi connectivity index (χ3n) is 3.95. The highest BCUT2D eigenvalue weighted by Crippen LogP contribution is 2.37. The molecule has 2 aromatic carbocycles. The number of ether oxygens (including phenoxy) is 1. The van der Waals surface area contributed by atoms with Crippen LogP contribution in [-0.4, -0.2) is 28.8 Å². The van der Waals surface area contributed by atoms with Gasteiger partial charge < -0.3 is 9.84 Å². The smallest absolute Gasteiger partial charge is 0.240 e. The van der Waals surface area contributed by atoms with Gasteiger partial charge in [-0.2, -0.15) is 5.10 Å². The van der Waals surface area contributed by atoms with Gasteiger partial charge in [-0.25, -0.2) is 5.01 Å². The molecule has 1 unspecified atom stereocenters. The van der Waals surface area contributed by atoms with Crippen LogP contribution >= 0.6 is 0 Å². The van der Waals surface area contributed by atoms with Crippen molar-refractivity contribution in [2.75, 3.05) is 7.11 Å². The monoisotopic (exact) mass is 310 g/mol. The summed E-state index contributed by atoms with van der Waals surface area (Å²) in [5.74, 6) is 0.310. The first-order valence-electron chi connectivity index (χ1n) is 7.40. The molecule has 1 aliphatic rings. The molecule has 1 N–H and O–H groups in total. The third kappa shape index (κ3) is 2.77. The van der Waals surface area contributed by atoms with Crippen molar-refractivity contribution in [2.45, 2.75) is 19.4 Å². The molecule has 0 bridgehead atoms. The van der Waals surface area contributed by atoms with Crippen molar-refractivity contribution in [3.8, 4) is 11.5 Å². The van der Waals surface area contributed by atoms with Gasteiger partial charge in [-0.15, -0.1) is 0 Å². The molecule has 0 saturated carbocycles. The Morgan fingerprint density at radius 1 is 1.22 bits per heavy atom. The summed E-state index contributed by atoms with van der Waals surface area (Å²) in [4.78, 5) is 11.9. The van der Waals surface area contributed by atoms with Crippen molar-refractivity contribution in [3.63, 3.8) is 0 Å². The predicted octanol–water partition coefficient (Wildman–Crippen LogP) is 3.10. The normalized spacial score (nSPS) is 17.0. The fraction of sp³-hybridized carbons (Fsp3) is 0.222. The van der Waals surface area contributed by atoms with Crippen LogP contribution in [0.25, 0.3) is 0 Å². The van der Waals surface area contributed by atoms with Crippen LogP contribution in [-0.2, 0) is 4.79 Å². The Kier molecular flexibility index (Phi) is 4.02. The second kappa shape index (κ2) is 6.12. The first-order valence-corrected chi connectivity index (χ1v) is 7.40. The summed E-state index contributed by atoms with van der Waals surface area (Å²) in [6.07, 6.45) is 0.546. The maximum atomic E-state index is 11.9. The standard InChI is InChI=1S/C18H18N2O3/c1-12(21)20-16(13-7-4-3-5-8-13)11-15(19-20)14-9-6-10-17(23-2)18(14)22/h3-10,16,22H,11H2,1-2H3. The summed E-state index contributed by atoms with van der Waals surface area (Å²) < 4.78 is 5.15. The van der Waals surface area contributed by atoms with Crippen LogP contribution in [0, 0.1) is 0 Å². The first-order chi connectivity index (χ1) is 11.1. The van der Waals surface area contributed by atoms with E-state index in [1.54, 1.807) is 18.2 Å². The summed E-state index contributed by atoms with van der Waals surface area (Å²) in [6.45, 7) is 1.49. The number of hydrogen-bond acceptors (Lipinski definition) is 4. The number of rotatable bonds is 3. The Balaban J connectivity index is 1.99. The first kappa shape index (κ1) is 15.1. The highest BCUT2D eigenvalue weighted by Gasteiger charge is 2.32. The number of methoxy groups -OCH3 is 1. The predicted molar refractivity (Wildman–Crippen MR) is 87.5 cm³/mol. The lowest BCUT2D eigenvalue weighted by Crippen LogP contribution is -2.24. The average Bonchev–Trinajstić information content (AvgIpc) is 3.01. The minimum absolute atomic E-state index is 0.0472. The van der Waals surface area contributed by atoms with Gasteiger partial charge in [0.2, 0.25) is 5.91 Å². The molecule has 1 atom stereocenters. The molecule has 0 fully saturated rings. The Morgan fingerprint density at radius 2 is 1.96 bits per heavy atom. The van der Waals surface area contributed by atoms with Crippen LogP contribution in [0.4, 0.5) is 0 Å². The molecule has 118 valence electrons. The van der Waals surface area contributed by atoms with Gasteiger partial charge in [0.15, 0.2) is 11.5 Å². The number of amides is 1. The zero-order valence-electron chi connectivity index (χ0n) is 13.1. The van der Waals surface area contributed by atoms with Crippen LogP contribution in [0.2, 0.25) is 0 Å². The number of para-hydroxylation sites is 1. The SMILES string of the molecule is COc1cccc(C2=NN(C(C)=O)C(c3ccccc3)C2)c1O. The number of nitrogens with zero attached hydrogens (tertiary/aromatic N) is 2. The number of benzene rings is 2. The average molecular weight is 310 g/mol. The van der Waals surface area contributed by atoms with Gasteiger partial charge in [-0.05, 0) is 17.7 Å². The minimum Gasteiger partial charge on any atom is -0.504 e. The summed E-state index contributed by atoms with van der Waals surface area (Å²) in [7, 11) is 1.50. The van der Waals surface area contributed by atoms with E-state index in [2.05, 4.69) is 5.10 Å². The number of hydrogen-bond donors (Lipinski definition) is 1. The lowest BCUT2D eigenvalue weighted by molar-refractivity contribution is -0.130. The Hall–Kier alpha value is -2.82. The van der Waals surface area contributed by atoms with Gasteiger partial charge in [0.05, 0.1) is 18.9 Å². The van der Waals surface area contributed by atoms with E-state index >= 15 is 0 Å². The van der Waals surface area contributed by atoms with E-state index in [1.807, 2.05) is 30.3 Å². The Bertz CT molecular complexity index is 756. The molecule has 23 heavy (non-hydrogen) atoms. The Labute approximate surface area is 134 Å². The van der Waals surface area contributed by atoms with Crippen molar-refractivity contribution < 1.29 is 14.6 Å². The number of phenolic OH excluding ortho intramolecular Hbond substituents is 1. The quantitative estimate of drug-likeness (QED) is 0.947. The van der Waals surface area contributed by atoms with Gasteiger partial charge in [0.1, 0.15) is 0 Å². The fourth-order valence-electron chi connectivity index (χ4n) is 2.82. The van der Waals surface area contributed by atoms with Crippen molar-refractivity contribution >= 4 is 11.6 Å². The molecule has 2 aromatic rings. The maximum absolute atomic E-state index is 11.9. The number of hydrazone groups is 1. The second-order valence-corrected chi connectivity index (χ2v) is 5.40. The molecule has 5 nitrogen and oxygen atoms in total. The van der Waals surface area contributed by atoms with E-state index in [9.17, 15) is 9.90 Å². The van der Waals surface area contributed by atoms with E-state index in [4.69, 9.17) is 4.74 Å². The van der Waals surface area contributed by atoms with Gasteiger partial charge in [0.25, 0.3) is 0 Å². The zero-order valence-corrected chi connectivity index (χ0v) is 13.1. The van der Waals surface area contributed by atoms with Crippen molar-refractivity contribution in [1.29, 1.82) is 0 Å². The number of aromatic hydroxyl groups is 1. The number of phenols is 1. The van der Waals surface area contributed by atoms with Crippen LogP contribution in [0.3, 0.4) is 0 Å². The molecular weight excluding hydrogens is 292 g/mol. The van der Waals surface area contributed by atoms with Crippen molar-refractivity contribution in [3.05, 3.63) is 59.7 Å². The van der Waals surface area contributed by atoms with E-state index in [0.29, 0.717) is 23.4 Å². The topological polar surface area (TPSA) is 62.1 Å². The van der Waals surface area contributed by atoms with Crippen molar-refractivity contribution in [2.24, 2.45) is 5.10 Å². The molecule has 0 saturated heterocycles. The number of carbonyl (C=O) groups excluding carboxylic acids is 1.